The van der Waals surface area contributed by atoms with Crippen molar-refractivity contribution < 1.29 is 14.4 Å². The average molecular weight is 431 g/mol. The molecular weight excluding hydrogens is 404 g/mol. The van der Waals surface area contributed by atoms with Crippen LogP contribution < -0.4 is 5.32 Å². The molecule has 3 aromatic rings. The topological polar surface area (TPSA) is 85.5 Å². The molecule has 2 aliphatic heterocycles. The van der Waals surface area contributed by atoms with Gasteiger partial charge in [0.2, 0.25) is 11.8 Å². The second-order valence-electron chi connectivity index (χ2n) is 8.57. The van der Waals surface area contributed by atoms with Gasteiger partial charge in [-0.3, -0.25) is 14.5 Å². The Hall–Kier alpha value is -3.61. The fourth-order valence-corrected chi connectivity index (χ4v) is 4.90. The Morgan fingerprint density at radius 1 is 1.06 bits per heavy atom. The summed E-state index contributed by atoms with van der Waals surface area (Å²) in [4.78, 5) is 45.1. The third kappa shape index (κ3) is 3.86. The second kappa shape index (κ2) is 8.49. The van der Waals surface area contributed by atoms with Crippen LogP contribution >= 0.6 is 0 Å². The Balaban J connectivity index is 1.27. The summed E-state index contributed by atoms with van der Waals surface area (Å²) in [7, 11) is 0. The molecular formula is C25H26N4O3. The lowest BCUT2D eigenvalue weighted by molar-refractivity contribution is -0.135. The number of nitrogens with one attached hydrogen (secondary N) is 2. The molecule has 4 amide bonds. The van der Waals surface area contributed by atoms with Crippen LogP contribution in [0.15, 0.2) is 60.8 Å². The van der Waals surface area contributed by atoms with E-state index in [0.29, 0.717) is 6.54 Å². The van der Waals surface area contributed by atoms with Gasteiger partial charge < -0.3 is 15.2 Å². The minimum absolute atomic E-state index is 0.0896. The Labute approximate surface area is 186 Å². The first-order chi connectivity index (χ1) is 15.6. The highest BCUT2D eigenvalue weighted by atomic mass is 16.2. The van der Waals surface area contributed by atoms with E-state index in [1.165, 1.54) is 4.90 Å². The van der Waals surface area contributed by atoms with Crippen LogP contribution in [0.25, 0.3) is 10.9 Å². The van der Waals surface area contributed by atoms with E-state index >= 15 is 0 Å². The number of piperidine rings is 1. The molecule has 1 aromatic heterocycles. The van der Waals surface area contributed by atoms with Crippen molar-refractivity contribution in [3.8, 4) is 0 Å². The number of imide groups is 1. The maximum atomic E-state index is 13.1. The highest BCUT2D eigenvalue weighted by Crippen LogP contribution is 2.28. The molecule has 3 heterocycles. The van der Waals surface area contributed by atoms with Crippen molar-refractivity contribution in [3.63, 3.8) is 0 Å². The lowest BCUT2D eigenvalue weighted by atomic mass is 9.91. The minimum Gasteiger partial charge on any atom is -0.361 e. The molecule has 0 unspecified atom stereocenters. The van der Waals surface area contributed by atoms with Gasteiger partial charge in [0.25, 0.3) is 0 Å². The Bertz CT molecular complexity index is 1160. The average Bonchev–Trinajstić information content (AvgIpc) is 3.21. The highest BCUT2D eigenvalue weighted by Gasteiger charge is 2.44. The van der Waals surface area contributed by atoms with Crippen LogP contribution in [0.4, 0.5) is 4.79 Å². The third-order valence-corrected chi connectivity index (χ3v) is 6.50. The van der Waals surface area contributed by atoms with Gasteiger partial charge in [0.05, 0.1) is 19.0 Å². The number of amides is 4. The first-order valence-electron chi connectivity index (χ1n) is 11.1. The van der Waals surface area contributed by atoms with Crippen LogP contribution in [0.3, 0.4) is 0 Å². The highest BCUT2D eigenvalue weighted by molar-refractivity contribution is 5.97. The maximum Gasteiger partial charge on any atom is 0.327 e. The van der Waals surface area contributed by atoms with Crippen molar-refractivity contribution in [1.29, 1.82) is 0 Å². The predicted molar refractivity (Wildman–Crippen MR) is 121 cm³/mol. The summed E-state index contributed by atoms with van der Waals surface area (Å²) in [5.41, 5.74) is 2.87. The predicted octanol–water partition coefficient (Wildman–Crippen LogP) is 3.21. The van der Waals surface area contributed by atoms with E-state index < -0.39 is 0 Å². The maximum absolute atomic E-state index is 13.1. The van der Waals surface area contributed by atoms with Gasteiger partial charge in [-0.15, -0.1) is 0 Å². The number of aromatic nitrogens is 1. The first kappa shape index (κ1) is 20.3. The molecule has 0 spiro atoms. The number of nitrogens with zero attached hydrogens (tertiary/aromatic N) is 2. The summed E-state index contributed by atoms with van der Waals surface area (Å²) in [6.07, 6.45) is 3.92. The quantitative estimate of drug-likeness (QED) is 0.652. The zero-order valence-corrected chi connectivity index (χ0v) is 17.8. The van der Waals surface area contributed by atoms with E-state index in [1.807, 2.05) is 60.8 Å². The lowest BCUT2D eigenvalue weighted by Crippen LogP contribution is -2.64. The SMILES string of the molecule is O=C(Cc1c[nH]c2ccccc12)N[C@H]1CCCN2C(=O)N(Cc3ccccc3)C(=O)C[C@@H]12. The summed E-state index contributed by atoms with van der Waals surface area (Å²) >= 11 is 0. The van der Waals surface area contributed by atoms with Crippen LogP contribution in [0.2, 0.25) is 0 Å². The van der Waals surface area contributed by atoms with Crippen LogP contribution in [-0.4, -0.2) is 51.3 Å². The number of para-hydroxylation sites is 1. The van der Waals surface area contributed by atoms with Crippen molar-refractivity contribution >= 4 is 28.7 Å². The van der Waals surface area contributed by atoms with Gasteiger partial charge in [-0.25, -0.2) is 4.79 Å². The molecule has 0 saturated carbocycles. The molecule has 2 atom stereocenters. The molecule has 164 valence electrons. The number of H-pyrrole nitrogens is 1. The lowest BCUT2D eigenvalue weighted by Gasteiger charge is -2.46. The summed E-state index contributed by atoms with van der Waals surface area (Å²) < 4.78 is 0. The molecule has 7 heteroatoms. The number of carbonyl (C=O) groups excluding carboxylic acids is 3. The van der Waals surface area contributed by atoms with Crippen molar-refractivity contribution in [2.45, 2.75) is 44.3 Å². The Morgan fingerprint density at radius 3 is 2.69 bits per heavy atom. The molecule has 2 aromatic carbocycles. The van der Waals surface area contributed by atoms with Crippen LogP contribution in [0.5, 0.6) is 0 Å². The largest absolute Gasteiger partial charge is 0.361 e. The zero-order chi connectivity index (χ0) is 22.1. The van der Waals surface area contributed by atoms with E-state index in [-0.39, 0.29) is 49.3 Å². The molecule has 2 saturated heterocycles. The molecule has 2 fully saturated rings. The third-order valence-electron chi connectivity index (χ3n) is 6.50. The fourth-order valence-electron chi connectivity index (χ4n) is 4.90. The standard InChI is InChI=1S/C25H26N4O3/c30-23(13-18-15-26-20-10-5-4-9-19(18)20)27-21-11-6-12-28-22(21)14-24(31)29(25(28)32)16-17-7-2-1-3-8-17/h1-5,7-10,15,21-22,26H,6,11-14,16H2,(H,27,30)/t21-,22-/m0/s1. The van der Waals surface area contributed by atoms with E-state index in [0.717, 1.165) is 34.9 Å². The molecule has 0 bridgehead atoms. The van der Waals surface area contributed by atoms with Gasteiger partial charge in [-0.2, -0.15) is 0 Å². The fraction of sp³-hybridized carbons (Fsp3) is 0.320. The molecule has 0 radical (unpaired) electrons. The number of urea groups is 1. The van der Waals surface area contributed by atoms with Crippen molar-refractivity contribution in [2.75, 3.05) is 6.54 Å². The van der Waals surface area contributed by atoms with Crippen molar-refractivity contribution in [2.24, 2.45) is 0 Å². The monoisotopic (exact) mass is 430 g/mol. The number of rotatable bonds is 5. The van der Waals surface area contributed by atoms with Crippen LogP contribution in [0.1, 0.15) is 30.4 Å². The van der Waals surface area contributed by atoms with Crippen molar-refractivity contribution in [1.82, 2.24) is 20.1 Å². The number of aromatic amines is 1. The number of hydrogen-bond acceptors (Lipinski definition) is 3. The van der Waals surface area contributed by atoms with E-state index in [1.54, 1.807) is 4.90 Å². The van der Waals surface area contributed by atoms with E-state index in [2.05, 4.69) is 10.3 Å². The first-order valence-corrected chi connectivity index (χ1v) is 11.1. The molecule has 32 heavy (non-hydrogen) atoms. The number of benzene rings is 2. The normalized spacial score (nSPS) is 21.0. The van der Waals surface area contributed by atoms with Crippen molar-refractivity contribution in [3.05, 3.63) is 71.9 Å². The van der Waals surface area contributed by atoms with E-state index in [4.69, 9.17) is 0 Å². The van der Waals surface area contributed by atoms with Crippen LogP contribution in [0, 0.1) is 0 Å². The minimum atomic E-state index is -0.289. The summed E-state index contributed by atoms with van der Waals surface area (Å²) in [6.45, 7) is 0.885. The Morgan fingerprint density at radius 2 is 1.84 bits per heavy atom. The van der Waals surface area contributed by atoms with Gasteiger partial charge in [0, 0.05) is 36.1 Å². The molecule has 0 aliphatic carbocycles. The summed E-state index contributed by atoms with van der Waals surface area (Å²) in [5.74, 6) is -0.272. The number of fused-ring (bicyclic) bond motifs is 2. The molecule has 2 N–H and O–H groups in total. The van der Waals surface area contributed by atoms with Gasteiger partial charge in [0.1, 0.15) is 0 Å². The molecule has 7 nitrogen and oxygen atoms in total. The summed E-state index contributed by atoms with van der Waals surface area (Å²) in [5, 5.41) is 4.14. The number of carbonyl (C=O) groups is 3. The van der Waals surface area contributed by atoms with Gasteiger partial charge in [-0.05, 0) is 30.0 Å². The van der Waals surface area contributed by atoms with Crippen LogP contribution in [-0.2, 0) is 22.6 Å². The van der Waals surface area contributed by atoms with Gasteiger partial charge >= 0.3 is 6.03 Å². The van der Waals surface area contributed by atoms with Gasteiger partial charge in [0.15, 0.2) is 0 Å². The zero-order valence-electron chi connectivity index (χ0n) is 17.8. The number of hydrogen-bond donors (Lipinski definition) is 2. The van der Waals surface area contributed by atoms with Gasteiger partial charge in [-0.1, -0.05) is 48.5 Å². The summed E-state index contributed by atoms with van der Waals surface area (Å²) in [6, 6.07) is 16.7. The smallest absolute Gasteiger partial charge is 0.327 e. The second-order valence-corrected chi connectivity index (χ2v) is 8.57. The Kier molecular flexibility index (Phi) is 5.39. The van der Waals surface area contributed by atoms with E-state index in [9.17, 15) is 14.4 Å². The molecule has 2 aliphatic rings. The molecule has 5 rings (SSSR count).